The Morgan fingerprint density at radius 1 is 1.00 bits per heavy atom. The zero-order valence-corrected chi connectivity index (χ0v) is 23.2. The fourth-order valence-corrected chi connectivity index (χ4v) is 5.88. The van der Waals surface area contributed by atoms with Gasteiger partial charge in [-0.3, -0.25) is 19.4 Å². The van der Waals surface area contributed by atoms with Crippen molar-refractivity contribution in [2.45, 2.75) is 51.4 Å². The molecule has 0 fully saturated rings. The molecular weight excluding hydrogens is 541 g/mol. The Morgan fingerprint density at radius 2 is 1.74 bits per heavy atom. The van der Waals surface area contributed by atoms with Crippen LogP contribution in [0.1, 0.15) is 68.5 Å². The van der Waals surface area contributed by atoms with Gasteiger partial charge in [-0.25, -0.2) is 13.2 Å². The molecule has 0 spiro atoms. The average Bonchev–Trinajstić information content (AvgIpc) is 3.25. The summed E-state index contributed by atoms with van der Waals surface area (Å²) in [6.07, 6.45) is 1.82. The Kier molecular flexibility index (Phi) is 8.07. The second kappa shape index (κ2) is 11.7. The predicted octanol–water partition coefficient (Wildman–Crippen LogP) is 6.47. The summed E-state index contributed by atoms with van der Waals surface area (Å²) in [5.41, 5.74) is 10.7. The number of nitrogens with two attached hydrogens (primary N) is 1. The highest BCUT2D eigenvalue weighted by molar-refractivity contribution is 5.97. The fraction of sp³-hybridized carbons (Fsp3) is 0.235. The number of carbonyl (C=O) groups is 3. The van der Waals surface area contributed by atoms with Crippen LogP contribution < -0.4 is 5.73 Å². The lowest BCUT2D eigenvalue weighted by Crippen LogP contribution is -2.17. The number of Topliss-reactive ketones (excluding diaryl/α,β-unsaturated/α-hetero) is 2. The van der Waals surface area contributed by atoms with E-state index in [-0.39, 0.29) is 42.8 Å². The Balaban J connectivity index is 1.51. The van der Waals surface area contributed by atoms with Crippen molar-refractivity contribution < 1.29 is 27.6 Å². The molecular formula is C34H29F3N2O3. The summed E-state index contributed by atoms with van der Waals surface area (Å²) in [6.45, 7) is 3.96. The van der Waals surface area contributed by atoms with Crippen LogP contribution in [-0.2, 0) is 22.4 Å². The molecule has 0 saturated heterocycles. The van der Waals surface area contributed by atoms with E-state index in [4.69, 9.17) is 5.73 Å². The quantitative estimate of drug-likeness (QED) is 0.250. The lowest BCUT2D eigenvalue weighted by molar-refractivity contribution is -0.124. The number of amides is 1. The molecule has 2 N–H and O–H groups in total. The molecule has 1 unspecified atom stereocenters. The van der Waals surface area contributed by atoms with E-state index in [9.17, 15) is 27.6 Å². The van der Waals surface area contributed by atoms with Gasteiger partial charge in [0.15, 0.2) is 0 Å². The van der Waals surface area contributed by atoms with Crippen LogP contribution in [0.25, 0.3) is 11.1 Å². The third kappa shape index (κ3) is 5.88. The standard InChI is InChI=1S/C34H29F3N2O3/c1-18-5-7-27-28(19(18)2)17-32(41)29(27)16-25(40)13-22(10-20-11-23(35)15-24(36)12-20)33-26(4-3-9-39-33)21-6-8-31(37)30(14-21)34(38)42/h3-9,11-12,14-15,22,29H,10,13,16-17H2,1-2H3,(H2,38,42)/t22-,29?/m1/s1. The van der Waals surface area contributed by atoms with E-state index in [1.165, 1.54) is 30.5 Å². The monoisotopic (exact) mass is 570 g/mol. The fourth-order valence-electron chi connectivity index (χ4n) is 5.88. The van der Waals surface area contributed by atoms with E-state index >= 15 is 0 Å². The highest BCUT2D eigenvalue weighted by atomic mass is 19.1. The van der Waals surface area contributed by atoms with Crippen LogP contribution in [0, 0.1) is 31.3 Å². The van der Waals surface area contributed by atoms with Gasteiger partial charge in [0, 0.05) is 43.0 Å². The molecule has 1 amide bonds. The zero-order chi connectivity index (χ0) is 30.1. The van der Waals surface area contributed by atoms with Gasteiger partial charge >= 0.3 is 0 Å². The first-order chi connectivity index (χ1) is 20.0. The third-order valence-corrected chi connectivity index (χ3v) is 8.10. The summed E-state index contributed by atoms with van der Waals surface area (Å²) in [5, 5.41) is 0. The molecule has 0 bridgehead atoms. The first-order valence-electron chi connectivity index (χ1n) is 13.6. The largest absolute Gasteiger partial charge is 0.366 e. The summed E-state index contributed by atoms with van der Waals surface area (Å²) in [7, 11) is 0. The van der Waals surface area contributed by atoms with E-state index in [2.05, 4.69) is 4.98 Å². The predicted molar refractivity (Wildman–Crippen MR) is 153 cm³/mol. The van der Waals surface area contributed by atoms with Crippen molar-refractivity contribution in [2.24, 2.45) is 5.73 Å². The maximum absolute atomic E-state index is 14.2. The van der Waals surface area contributed by atoms with Crippen molar-refractivity contribution in [3.63, 3.8) is 0 Å². The maximum Gasteiger partial charge on any atom is 0.251 e. The number of fused-ring (bicyclic) bond motifs is 1. The van der Waals surface area contributed by atoms with Gasteiger partial charge in [0.05, 0.1) is 17.2 Å². The summed E-state index contributed by atoms with van der Waals surface area (Å²) in [6, 6.07) is 14.3. The van der Waals surface area contributed by atoms with Crippen molar-refractivity contribution in [2.75, 3.05) is 0 Å². The minimum Gasteiger partial charge on any atom is -0.366 e. The van der Waals surface area contributed by atoms with Crippen molar-refractivity contribution in [3.8, 4) is 11.1 Å². The molecule has 3 aromatic carbocycles. The molecule has 4 aromatic rings. The minimum atomic E-state index is -0.936. The van der Waals surface area contributed by atoms with Gasteiger partial charge in [-0.2, -0.15) is 0 Å². The molecule has 1 aromatic heterocycles. The van der Waals surface area contributed by atoms with Crippen molar-refractivity contribution in [1.82, 2.24) is 4.98 Å². The number of primary amides is 1. The second-order valence-electron chi connectivity index (χ2n) is 10.9. The lowest BCUT2D eigenvalue weighted by atomic mass is 9.84. The summed E-state index contributed by atoms with van der Waals surface area (Å²) in [5.74, 6) is -4.63. The molecule has 5 nitrogen and oxygen atoms in total. The normalized spacial score (nSPS) is 15.0. The molecule has 1 aliphatic carbocycles. The summed E-state index contributed by atoms with van der Waals surface area (Å²) >= 11 is 0. The molecule has 2 atom stereocenters. The summed E-state index contributed by atoms with van der Waals surface area (Å²) < 4.78 is 42.5. The molecule has 0 saturated carbocycles. The zero-order valence-electron chi connectivity index (χ0n) is 23.2. The van der Waals surface area contributed by atoms with E-state index in [1.807, 2.05) is 26.0 Å². The number of rotatable bonds is 9. The molecule has 1 heterocycles. The first kappa shape index (κ1) is 28.9. The van der Waals surface area contributed by atoms with E-state index in [0.717, 1.165) is 34.4 Å². The molecule has 8 heteroatoms. The number of benzene rings is 3. The van der Waals surface area contributed by atoms with Crippen LogP contribution in [-0.4, -0.2) is 22.5 Å². The Bertz CT molecular complexity index is 1710. The second-order valence-corrected chi connectivity index (χ2v) is 10.9. The van der Waals surface area contributed by atoms with Crippen LogP contribution in [0.5, 0.6) is 0 Å². The number of aromatic nitrogens is 1. The average molecular weight is 571 g/mol. The van der Waals surface area contributed by atoms with Crippen molar-refractivity contribution >= 4 is 17.5 Å². The smallest absolute Gasteiger partial charge is 0.251 e. The van der Waals surface area contributed by atoms with E-state index in [1.54, 1.807) is 12.1 Å². The number of pyridine rings is 1. The Labute approximate surface area is 241 Å². The molecule has 0 radical (unpaired) electrons. The highest BCUT2D eigenvalue weighted by Gasteiger charge is 2.34. The molecule has 5 rings (SSSR count). The van der Waals surface area contributed by atoms with Crippen LogP contribution in [0.3, 0.4) is 0 Å². The highest BCUT2D eigenvalue weighted by Crippen LogP contribution is 2.38. The van der Waals surface area contributed by atoms with Gasteiger partial charge in [-0.15, -0.1) is 0 Å². The number of carbonyl (C=O) groups excluding carboxylic acids is 3. The van der Waals surface area contributed by atoms with Crippen LogP contribution in [0.2, 0.25) is 0 Å². The topological polar surface area (TPSA) is 90.1 Å². The molecule has 214 valence electrons. The lowest BCUT2D eigenvalue weighted by Gasteiger charge is -2.21. The number of hydrogen-bond acceptors (Lipinski definition) is 4. The van der Waals surface area contributed by atoms with Crippen molar-refractivity contribution in [1.29, 1.82) is 0 Å². The number of aryl methyl sites for hydroxylation is 1. The molecule has 1 aliphatic rings. The van der Waals surface area contributed by atoms with Crippen LogP contribution >= 0.6 is 0 Å². The number of nitrogens with zero attached hydrogens (tertiary/aromatic N) is 1. The SMILES string of the molecule is Cc1ccc2c(c1C)CC(=O)C2CC(=O)C[C@@H](Cc1cc(F)cc(F)c1)c1ncccc1-c1ccc(F)c(C(N)=O)c1. The molecule has 42 heavy (non-hydrogen) atoms. The van der Waals surface area contributed by atoms with Crippen LogP contribution in [0.4, 0.5) is 13.2 Å². The summed E-state index contributed by atoms with van der Waals surface area (Å²) in [4.78, 5) is 43.0. The van der Waals surface area contributed by atoms with Gasteiger partial charge in [-0.1, -0.05) is 24.3 Å². The van der Waals surface area contributed by atoms with Crippen molar-refractivity contribution in [3.05, 3.63) is 123 Å². The van der Waals surface area contributed by atoms with E-state index < -0.39 is 35.2 Å². The van der Waals surface area contributed by atoms with Gasteiger partial charge in [0.1, 0.15) is 29.0 Å². The van der Waals surface area contributed by atoms with E-state index in [0.29, 0.717) is 22.4 Å². The van der Waals surface area contributed by atoms with Gasteiger partial charge in [0.25, 0.3) is 5.91 Å². The number of hydrogen-bond donors (Lipinski definition) is 1. The minimum absolute atomic E-state index is 0.00706. The third-order valence-electron chi connectivity index (χ3n) is 8.10. The first-order valence-corrected chi connectivity index (χ1v) is 13.6. The van der Waals surface area contributed by atoms with Gasteiger partial charge in [-0.05, 0) is 84.0 Å². The van der Waals surface area contributed by atoms with Gasteiger partial charge < -0.3 is 5.73 Å². The molecule has 0 aliphatic heterocycles. The maximum atomic E-state index is 14.2. The van der Waals surface area contributed by atoms with Gasteiger partial charge in [0.2, 0.25) is 0 Å². The number of halogens is 3. The Morgan fingerprint density at radius 3 is 2.45 bits per heavy atom. The number of ketones is 2. The van der Waals surface area contributed by atoms with Crippen LogP contribution in [0.15, 0.2) is 66.9 Å². The Hall–Kier alpha value is -4.59.